The van der Waals surface area contributed by atoms with Crippen LogP contribution >= 0.6 is 0 Å². The molecule has 0 aromatic carbocycles. The van der Waals surface area contributed by atoms with E-state index in [1.54, 1.807) is 4.90 Å². The van der Waals surface area contributed by atoms with Crippen LogP contribution < -0.4 is 5.32 Å². The average Bonchev–Trinajstić information content (AvgIpc) is 2.33. The molecule has 6 nitrogen and oxygen atoms in total. The molecule has 1 saturated heterocycles. The highest BCUT2D eigenvalue weighted by atomic mass is 16.4. The molecule has 0 spiro atoms. The minimum absolute atomic E-state index is 0.0742. The molecule has 0 bridgehead atoms. The van der Waals surface area contributed by atoms with Gasteiger partial charge >= 0.3 is 12.0 Å². The first kappa shape index (κ1) is 16.8. The summed E-state index contributed by atoms with van der Waals surface area (Å²) in [6.07, 6.45) is 2.70. The summed E-state index contributed by atoms with van der Waals surface area (Å²) in [6.45, 7) is 6.35. The van der Waals surface area contributed by atoms with E-state index in [9.17, 15) is 9.59 Å². The second-order valence-corrected chi connectivity index (χ2v) is 5.84. The summed E-state index contributed by atoms with van der Waals surface area (Å²) in [5.74, 6) is -0.817. The summed E-state index contributed by atoms with van der Waals surface area (Å²) in [5, 5.41) is 11.7. The van der Waals surface area contributed by atoms with E-state index in [2.05, 4.69) is 17.3 Å². The predicted molar refractivity (Wildman–Crippen MR) is 77.8 cm³/mol. The molecule has 1 heterocycles. The molecule has 0 saturated carbocycles. The van der Waals surface area contributed by atoms with Crippen molar-refractivity contribution in [1.29, 1.82) is 0 Å². The van der Waals surface area contributed by atoms with Crippen molar-refractivity contribution >= 4 is 12.0 Å². The number of aliphatic carboxylic acids is 1. The molecule has 0 aliphatic carbocycles. The zero-order valence-corrected chi connectivity index (χ0v) is 12.8. The van der Waals surface area contributed by atoms with Crippen LogP contribution in [0.4, 0.5) is 4.79 Å². The molecule has 1 fully saturated rings. The largest absolute Gasteiger partial charge is 0.481 e. The van der Waals surface area contributed by atoms with Crippen molar-refractivity contribution in [3.8, 4) is 0 Å². The van der Waals surface area contributed by atoms with Crippen LogP contribution in [-0.2, 0) is 4.79 Å². The Morgan fingerprint density at radius 2 is 2.15 bits per heavy atom. The molecule has 2 amide bonds. The van der Waals surface area contributed by atoms with E-state index in [1.807, 2.05) is 13.8 Å². The predicted octanol–water partition coefficient (Wildman–Crippen LogP) is 1.37. The van der Waals surface area contributed by atoms with Crippen LogP contribution in [0.2, 0.25) is 0 Å². The van der Waals surface area contributed by atoms with Gasteiger partial charge in [-0.1, -0.05) is 0 Å². The van der Waals surface area contributed by atoms with Crippen molar-refractivity contribution in [3.63, 3.8) is 0 Å². The molecule has 6 heteroatoms. The maximum Gasteiger partial charge on any atom is 0.317 e. The smallest absolute Gasteiger partial charge is 0.317 e. The fourth-order valence-electron chi connectivity index (χ4n) is 2.54. The Hall–Kier alpha value is -1.30. The zero-order chi connectivity index (χ0) is 15.1. The van der Waals surface area contributed by atoms with Crippen LogP contribution in [0, 0.1) is 0 Å². The topological polar surface area (TPSA) is 72.9 Å². The summed E-state index contributed by atoms with van der Waals surface area (Å²) in [4.78, 5) is 26.8. The summed E-state index contributed by atoms with van der Waals surface area (Å²) in [7, 11) is 2.06. The van der Waals surface area contributed by atoms with Gasteiger partial charge < -0.3 is 20.2 Å². The number of hydrogen-bond donors (Lipinski definition) is 2. The second-order valence-electron chi connectivity index (χ2n) is 5.84. The summed E-state index contributed by atoms with van der Waals surface area (Å²) in [5.41, 5.74) is 0. The summed E-state index contributed by atoms with van der Waals surface area (Å²) in [6, 6.07) is 0.192. The fraction of sp³-hybridized carbons (Fsp3) is 0.857. The molecule has 116 valence electrons. The fourth-order valence-corrected chi connectivity index (χ4v) is 2.54. The molecular weight excluding hydrogens is 258 g/mol. The van der Waals surface area contributed by atoms with Gasteiger partial charge in [0, 0.05) is 31.6 Å². The highest BCUT2D eigenvalue weighted by Crippen LogP contribution is 2.10. The molecule has 1 aliphatic heterocycles. The van der Waals surface area contributed by atoms with Crippen LogP contribution in [0.15, 0.2) is 0 Å². The lowest BCUT2D eigenvalue weighted by Gasteiger charge is -2.33. The Balaban J connectivity index is 2.44. The Labute approximate surface area is 121 Å². The Morgan fingerprint density at radius 1 is 1.45 bits per heavy atom. The lowest BCUT2D eigenvalue weighted by atomic mass is 10.1. The number of amides is 2. The standard InChI is InChI=1S/C14H27N3O3/c1-11(2)17(9-5-7-13(18)19)14(20)15-12-6-4-8-16(3)10-12/h11-12H,4-10H2,1-3H3,(H,15,20)(H,18,19). The van der Waals surface area contributed by atoms with Gasteiger partial charge in [-0.3, -0.25) is 4.79 Å². The lowest BCUT2D eigenvalue weighted by molar-refractivity contribution is -0.137. The molecular formula is C14H27N3O3. The van der Waals surface area contributed by atoms with E-state index >= 15 is 0 Å². The number of carboxylic acid groups (broad SMARTS) is 1. The van der Waals surface area contributed by atoms with Gasteiger partial charge in [0.1, 0.15) is 0 Å². The molecule has 1 aliphatic rings. The molecule has 1 atom stereocenters. The van der Waals surface area contributed by atoms with Crippen molar-refractivity contribution in [2.75, 3.05) is 26.7 Å². The Morgan fingerprint density at radius 3 is 2.70 bits per heavy atom. The first-order valence-corrected chi connectivity index (χ1v) is 7.37. The Kier molecular flexibility index (Phi) is 6.78. The highest BCUT2D eigenvalue weighted by Gasteiger charge is 2.23. The first-order valence-electron chi connectivity index (χ1n) is 7.37. The minimum atomic E-state index is -0.817. The van der Waals surface area contributed by atoms with Gasteiger partial charge in [-0.15, -0.1) is 0 Å². The first-order chi connectivity index (χ1) is 9.40. The number of carbonyl (C=O) groups is 2. The zero-order valence-electron chi connectivity index (χ0n) is 12.8. The summed E-state index contributed by atoms with van der Waals surface area (Å²) < 4.78 is 0. The van der Waals surface area contributed by atoms with Crippen LogP contribution in [0.3, 0.4) is 0 Å². The molecule has 0 aromatic heterocycles. The minimum Gasteiger partial charge on any atom is -0.481 e. The number of rotatable bonds is 6. The van der Waals surface area contributed by atoms with E-state index in [0.717, 1.165) is 25.9 Å². The maximum absolute atomic E-state index is 12.3. The van der Waals surface area contributed by atoms with Gasteiger partial charge in [0.25, 0.3) is 0 Å². The van der Waals surface area contributed by atoms with E-state index in [1.165, 1.54) is 0 Å². The molecule has 1 unspecified atom stereocenters. The number of hydrogen-bond acceptors (Lipinski definition) is 3. The van der Waals surface area contributed by atoms with Gasteiger partial charge in [0.2, 0.25) is 0 Å². The SMILES string of the molecule is CC(C)N(CCCC(=O)O)C(=O)NC1CCCN(C)C1. The van der Waals surface area contributed by atoms with E-state index in [0.29, 0.717) is 13.0 Å². The molecule has 20 heavy (non-hydrogen) atoms. The Bertz CT molecular complexity index is 334. The maximum atomic E-state index is 12.3. The van der Waals surface area contributed by atoms with Crippen molar-refractivity contribution in [1.82, 2.24) is 15.1 Å². The normalized spacial score (nSPS) is 19.9. The quantitative estimate of drug-likeness (QED) is 0.773. The lowest BCUT2D eigenvalue weighted by Crippen LogP contribution is -2.52. The van der Waals surface area contributed by atoms with Crippen molar-refractivity contribution < 1.29 is 14.7 Å². The number of piperidine rings is 1. The third kappa shape index (κ3) is 5.77. The van der Waals surface area contributed by atoms with Crippen molar-refractivity contribution in [2.24, 2.45) is 0 Å². The number of carboxylic acids is 1. The van der Waals surface area contributed by atoms with E-state index < -0.39 is 5.97 Å². The molecule has 0 aromatic rings. The third-order valence-corrected chi connectivity index (χ3v) is 3.63. The number of nitrogens with one attached hydrogen (secondary N) is 1. The molecule has 2 N–H and O–H groups in total. The van der Waals surface area contributed by atoms with E-state index in [-0.39, 0.29) is 24.5 Å². The summed E-state index contributed by atoms with van der Waals surface area (Å²) >= 11 is 0. The number of nitrogens with zero attached hydrogens (tertiary/aromatic N) is 2. The number of likely N-dealkylation sites (N-methyl/N-ethyl adjacent to an activating group) is 1. The number of urea groups is 1. The van der Waals surface area contributed by atoms with Gasteiger partial charge in [0.15, 0.2) is 0 Å². The number of carbonyl (C=O) groups excluding carboxylic acids is 1. The van der Waals surface area contributed by atoms with Crippen LogP contribution in [0.1, 0.15) is 39.5 Å². The molecule has 0 radical (unpaired) electrons. The molecule has 1 rings (SSSR count). The third-order valence-electron chi connectivity index (χ3n) is 3.63. The van der Waals surface area contributed by atoms with E-state index in [4.69, 9.17) is 5.11 Å². The van der Waals surface area contributed by atoms with Gasteiger partial charge in [-0.05, 0) is 46.7 Å². The van der Waals surface area contributed by atoms with Gasteiger partial charge in [0.05, 0.1) is 0 Å². The van der Waals surface area contributed by atoms with Crippen molar-refractivity contribution in [2.45, 2.75) is 51.6 Å². The monoisotopic (exact) mass is 285 g/mol. The number of likely N-dealkylation sites (tertiary alicyclic amines) is 1. The highest BCUT2D eigenvalue weighted by molar-refractivity contribution is 5.75. The average molecular weight is 285 g/mol. The van der Waals surface area contributed by atoms with Crippen LogP contribution in [0.25, 0.3) is 0 Å². The second kappa shape index (κ2) is 8.09. The van der Waals surface area contributed by atoms with Crippen LogP contribution in [0.5, 0.6) is 0 Å². The van der Waals surface area contributed by atoms with Crippen LogP contribution in [-0.4, -0.2) is 65.7 Å². The van der Waals surface area contributed by atoms with Gasteiger partial charge in [-0.25, -0.2) is 4.79 Å². The van der Waals surface area contributed by atoms with Gasteiger partial charge in [-0.2, -0.15) is 0 Å². The van der Waals surface area contributed by atoms with Crippen molar-refractivity contribution in [3.05, 3.63) is 0 Å².